The molecule has 0 spiro atoms. The zero-order chi connectivity index (χ0) is 12.0. The summed E-state index contributed by atoms with van der Waals surface area (Å²) in [6, 6.07) is 4.79. The van der Waals surface area contributed by atoms with Gasteiger partial charge in [-0.3, -0.25) is 0 Å². The van der Waals surface area contributed by atoms with Crippen molar-refractivity contribution in [2.24, 2.45) is 0 Å². The first kappa shape index (κ1) is 13.7. The van der Waals surface area contributed by atoms with Crippen molar-refractivity contribution in [1.29, 1.82) is 0 Å². The second kappa shape index (κ2) is 7.08. The lowest BCUT2D eigenvalue weighted by molar-refractivity contribution is 0.490. The van der Waals surface area contributed by atoms with E-state index in [0.29, 0.717) is 22.3 Å². The lowest BCUT2D eigenvalue weighted by Gasteiger charge is -1.98. The smallest absolute Gasteiger partial charge is 0.238 e. The van der Waals surface area contributed by atoms with Crippen LogP contribution in [0.25, 0.3) is 0 Å². The molecule has 1 rings (SSSR count). The van der Waals surface area contributed by atoms with Crippen molar-refractivity contribution in [3.63, 3.8) is 0 Å². The summed E-state index contributed by atoms with van der Waals surface area (Å²) in [7, 11) is -1.94. The van der Waals surface area contributed by atoms with Crippen molar-refractivity contribution in [2.45, 2.75) is 19.8 Å². The molecule has 0 saturated heterocycles. The van der Waals surface area contributed by atoms with Gasteiger partial charge in [-0.25, -0.2) is 4.52 Å². The number of benzene rings is 1. The summed E-state index contributed by atoms with van der Waals surface area (Å²) in [4.78, 5) is 0. The Morgan fingerprint density at radius 1 is 1.44 bits per heavy atom. The van der Waals surface area contributed by atoms with E-state index in [-0.39, 0.29) is 0 Å². The Morgan fingerprint density at radius 3 is 2.88 bits per heavy atom. The zero-order valence-electron chi connectivity index (χ0n) is 8.87. The van der Waals surface area contributed by atoms with Crippen LogP contribution in [-0.2, 0) is 4.57 Å². The van der Waals surface area contributed by atoms with Gasteiger partial charge in [-0.2, -0.15) is 0 Å². The molecule has 1 N–H and O–H groups in total. The Bertz CT molecular complexity index is 374. The van der Waals surface area contributed by atoms with Gasteiger partial charge in [0.05, 0.1) is 5.02 Å². The molecule has 0 radical (unpaired) electrons. The third-order valence-electron chi connectivity index (χ3n) is 1.85. The van der Waals surface area contributed by atoms with Gasteiger partial charge >= 0.3 is 8.18 Å². The number of hydrogen-bond donors (Lipinski definition) is 1. The highest BCUT2D eigenvalue weighted by Crippen LogP contribution is 2.33. The number of halogens is 2. The fraction of sp³-hybridized carbons (Fsp3) is 0.400. The highest BCUT2D eigenvalue weighted by atomic mass is 35.5. The van der Waals surface area contributed by atoms with Crippen LogP contribution in [0.3, 0.4) is 0 Å². The molecule has 6 heteroatoms. The standard InChI is InChI=1S/C10H13Cl2NO2P/c1-2-3-6-13-16(14)15-10-7-8(11)4-5-9(10)12/h4-5,7H,2-3,6H2,1H3,(H,13,14)/q+1. The Balaban J connectivity index is 2.52. The Morgan fingerprint density at radius 2 is 2.19 bits per heavy atom. The maximum atomic E-state index is 11.5. The molecule has 1 aromatic carbocycles. The Kier molecular flexibility index (Phi) is 6.07. The quantitative estimate of drug-likeness (QED) is 0.619. The average Bonchev–Trinajstić information content (AvgIpc) is 2.24. The molecule has 0 aliphatic rings. The van der Waals surface area contributed by atoms with Gasteiger partial charge < -0.3 is 0 Å². The van der Waals surface area contributed by atoms with Gasteiger partial charge in [0.1, 0.15) is 0 Å². The Labute approximate surface area is 106 Å². The van der Waals surface area contributed by atoms with Crippen molar-refractivity contribution < 1.29 is 9.09 Å². The van der Waals surface area contributed by atoms with Crippen molar-refractivity contribution in [2.75, 3.05) is 6.54 Å². The van der Waals surface area contributed by atoms with Gasteiger partial charge in [-0.15, -0.1) is 0 Å². The molecule has 88 valence electrons. The number of rotatable bonds is 6. The monoisotopic (exact) mass is 280 g/mol. The molecule has 0 fully saturated rings. The van der Waals surface area contributed by atoms with Crippen molar-refractivity contribution >= 4 is 31.4 Å². The summed E-state index contributed by atoms with van der Waals surface area (Å²) >= 11 is 11.6. The van der Waals surface area contributed by atoms with Gasteiger partial charge in [-0.05, 0) is 18.6 Å². The van der Waals surface area contributed by atoms with Gasteiger partial charge in [0.25, 0.3) is 0 Å². The molecule has 0 aliphatic heterocycles. The molecular formula is C10H13Cl2NO2P+. The molecule has 0 heterocycles. The van der Waals surface area contributed by atoms with E-state index < -0.39 is 8.18 Å². The van der Waals surface area contributed by atoms with Gasteiger partial charge in [0.15, 0.2) is 0 Å². The van der Waals surface area contributed by atoms with E-state index >= 15 is 0 Å². The van der Waals surface area contributed by atoms with E-state index in [1.807, 2.05) is 0 Å². The molecule has 0 aliphatic carbocycles. The van der Waals surface area contributed by atoms with Crippen LogP contribution in [-0.4, -0.2) is 6.54 Å². The minimum Gasteiger partial charge on any atom is -0.238 e. The highest BCUT2D eigenvalue weighted by molar-refractivity contribution is 7.37. The van der Waals surface area contributed by atoms with E-state index in [1.165, 1.54) is 0 Å². The van der Waals surface area contributed by atoms with Crippen molar-refractivity contribution in [3.05, 3.63) is 28.2 Å². The van der Waals surface area contributed by atoms with Crippen LogP contribution < -0.4 is 9.61 Å². The molecule has 1 aromatic rings. The second-order valence-corrected chi connectivity index (χ2v) is 5.04. The topological polar surface area (TPSA) is 38.3 Å². The molecule has 1 unspecified atom stereocenters. The van der Waals surface area contributed by atoms with Gasteiger partial charge in [-0.1, -0.05) is 41.6 Å². The fourth-order valence-corrected chi connectivity index (χ4v) is 2.12. The van der Waals surface area contributed by atoms with E-state index in [2.05, 4.69) is 12.0 Å². The zero-order valence-corrected chi connectivity index (χ0v) is 11.3. The first-order chi connectivity index (χ1) is 7.63. The molecule has 1 atom stereocenters. The van der Waals surface area contributed by atoms with Crippen LogP contribution in [0.2, 0.25) is 10.0 Å². The van der Waals surface area contributed by atoms with E-state index in [0.717, 1.165) is 12.8 Å². The predicted molar refractivity (Wildman–Crippen MR) is 67.6 cm³/mol. The Hall–Kier alpha value is -0.340. The third-order valence-corrected chi connectivity index (χ3v) is 3.24. The summed E-state index contributed by atoms with van der Waals surface area (Å²) in [5.41, 5.74) is 0. The second-order valence-electron chi connectivity index (χ2n) is 3.18. The molecule has 0 bridgehead atoms. The fourth-order valence-electron chi connectivity index (χ4n) is 1.02. The van der Waals surface area contributed by atoms with E-state index in [1.54, 1.807) is 18.2 Å². The predicted octanol–water partition coefficient (Wildman–Crippen LogP) is 4.42. The number of nitrogens with one attached hydrogen (secondary N) is 1. The summed E-state index contributed by atoms with van der Waals surface area (Å²) < 4.78 is 16.6. The lowest BCUT2D eigenvalue weighted by atomic mass is 10.3. The van der Waals surface area contributed by atoms with Crippen molar-refractivity contribution in [1.82, 2.24) is 5.09 Å². The first-order valence-electron chi connectivity index (χ1n) is 4.97. The van der Waals surface area contributed by atoms with Crippen LogP contribution in [0.4, 0.5) is 0 Å². The highest BCUT2D eigenvalue weighted by Gasteiger charge is 2.20. The lowest BCUT2D eigenvalue weighted by Crippen LogP contribution is -2.07. The SMILES string of the molecule is CCCCN[P+](=O)Oc1cc(Cl)ccc1Cl. The number of unbranched alkanes of at least 4 members (excludes halogenated alkanes) is 1. The minimum absolute atomic E-state index is 0.333. The number of hydrogen-bond acceptors (Lipinski definition) is 2. The summed E-state index contributed by atoms with van der Waals surface area (Å²) in [5.74, 6) is 0.333. The van der Waals surface area contributed by atoms with E-state index in [9.17, 15) is 4.57 Å². The molecule has 16 heavy (non-hydrogen) atoms. The van der Waals surface area contributed by atoms with Gasteiger partial charge in [0, 0.05) is 22.2 Å². The third kappa shape index (κ3) is 4.67. The molecule has 0 saturated carbocycles. The van der Waals surface area contributed by atoms with Crippen LogP contribution >= 0.6 is 31.4 Å². The molecule has 3 nitrogen and oxygen atoms in total. The summed E-state index contributed by atoms with van der Waals surface area (Å²) in [6.07, 6.45) is 1.99. The van der Waals surface area contributed by atoms with Crippen LogP contribution in [0.5, 0.6) is 5.75 Å². The molecule has 0 amide bonds. The normalized spacial score (nSPS) is 11.3. The van der Waals surface area contributed by atoms with Crippen molar-refractivity contribution in [3.8, 4) is 5.75 Å². The minimum atomic E-state index is -1.94. The maximum absolute atomic E-state index is 11.5. The molecule has 0 aromatic heterocycles. The summed E-state index contributed by atoms with van der Waals surface area (Å²) in [5, 5.41) is 3.65. The summed E-state index contributed by atoms with van der Waals surface area (Å²) in [6.45, 7) is 2.72. The maximum Gasteiger partial charge on any atom is 0.663 e. The van der Waals surface area contributed by atoms with Gasteiger partial charge in [0.2, 0.25) is 5.75 Å². The van der Waals surface area contributed by atoms with E-state index in [4.69, 9.17) is 27.7 Å². The van der Waals surface area contributed by atoms with Crippen LogP contribution in [0, 0.1) is 0 Å². The molecular weight excluding hydrogens is 268 g/mol. The first-order valence-corrected chi connectivity index (χ1v) is 6.90. The average molecular weight is 281 g/mol. The van der Waals surface area contributed by atoms with Crippen LogP contribution in [0.15, 0.2) is 18.2 Å². The largest absolute Gasteiger partial charge is 0.663 e. The van der Waals surface area contributed by atoms with Crippen LogP contribution in [0.1, 0.15) is 19.8 Å².